The number of rotatable bonds is 2. The van der Waals surface area contributed by atoms with Crippen LogP contribution in [0.2, 0.25) is 0 Å². The minimum Gasteiger partial charge on any atom is -0.384 e. The third-order valence-corrected chi connectivity index (χ3v) is 2.84. The molecule has 0 bridgehead atoms. The van der Waals surface area contributed by atoms with Crippen molar-refractivity contribution in [3.05, 3.63) is 18.0 Å². The van der Waals surface area contributed by atoms with Gasteiger partial charge in [-0.15, -0.1) is 0 Å². The van der Waals surface area contributed by atoms with E-state index >= 15 is 0 Å². The lowest BCUT2D eigenvalue weighted by Gasteiger charge is -2.27. The summed E-state index contributed by atoms with van der Waals surface area (Å²) in [6.45, 7) is 2.68. The first-order chi connectivity index (χ1) is 6.62. The zero-order valence-electron chi connectivity index (χ0n) is 8.60. The van der Waals surface area contributed by atoms with Crippen LogP contribution >= 0.6 is 0 Å². The number of aryl methyl sites for hydroxylation is 1. The predicted molar refractivity (Wildman–Crippen MR) is 51.8 cm³/mol. The highest BCUT2D eigenvalue weighted by Crippen LogP contribution is 2.36. The van der Waals surface area contributed by atoms with E-state index in [1.165, 1.54) is 0 Å². The molecule has 1 aliphatic heterocycles. The fourth-order valence-electron chi connectivity index (χ4n) is 1.91. The second kappa shape index (κ2) is 3.37. The van der Waals surface area contributed by atoms with Gasteiger partial charge in [-0.2, -0.15) is 5.10 Å². The van der Waals surface area contributed by atoms with Crippen LogP contribution in [0.15, 0.2) is 12.3 Å². The molecule has 0 aliphatic carbocycles. The molecule has 1 fully saturated rings. The first-order valence-corrected chi connectivity index (χ1v) is 4.93. The molecule has 0 amide bonds. The average molecular weight is 196 g/mol. The van der Waals surface area contributed by atoms with E-state index in [0.29, 0.717) is 5.69 Å². The maximum Gasteiger partial charge on any atom is 0.126 e. The molecular formula is C10H16N2O2. The van der Waals surface area contributed by atoms with Crippen molar-refractivity contribution in [3.8, 4) is 0 Å². The Bertz CT molecular complexity index is 316. The van der Waals surface area contributed by atoms with E-state index in [4.69, 9.17) is 4.74 Å². The van der Waals surface area contributed by atoms with Gasteiger partial charge in [-0.25, -0.2) is 0 Å². The Morgan fingerprint density at radius 1 is 1.71 bits per heavy atom. The monoisotopic (exact) mass is 196 g/mol. The highest BCUT2D eigenvalue weighted by molar-refractivity contribution is 5.09. The zero-order valence-corrected chi connectivity index (χ0v) is 8.60. The van der Waals surface area contributed by atoms with Gasteiger partial charge < -0.3 is 9.84 Å². The van der Waals surface area contributed by atoms with Crippen molar-refractivity contribution in [2.45, 2.75) is 31.5 Å². The van der Waals surface area contributed by atoms with Gasteiger partial charge in [0.1, 0.15) is 6.10 Å². The molecule has 4 nitrogen and oxygen atoms in total. The molecule has 0 radical (unpaired) electrons. The Hall–Kier alpha value is -0.870. The second-order valence-electron chi connectivity index (χ2n) is 4.08. The van der Waals surface area contributed by atoms with E-state index in [9.17, 15) is 5.11 Å². The standard InChI is InChI=1S/C10H16N2O2/c1-10(5-3-7-14-10)9(13)8-4-6-12(2)11-8/h4,6,9,13H,3,5,7H2,1-2H3. The van der Waals surface area contributed by atoms with E-state index in [1.54, 1.807) is 4.68 Å². The van der Waals surface area contributed by atoms with Gasteiger partial charge in [0.25, 0.3) is 0 Å². The molecule has 0 spiro atoms. The number of aliphatic hydroxyl groups is 1. The largest absolute Gasteiger partial charge is 0.384 e. The van der Waals surface area contributed by atoms with Crippen molar-refractivity contribution in [2.24, 2.45) is 7.05 Å². The Balaban J connectivity index is 2.18. The molecule has 14 heavy (non-hydrogen) atoms. The third-order valence-electron chi connectivity index (χ3n) is 2.84. The van der Waals surface area contributed by atoms with Crippen molar-refractivity contribution >= 4 is 0 Å². The fraction of sp³-hybridized carbons (Fsp3) is 0.700. The molecule has 2 atom stereocenters. The van der Waals surface area contributed by atoms with Gasteiger partial charge in [0, 0.05) is 19.9 Å². The molecule has 2 rings (SSSR count). The number of hydrogen-bond donors (Lipinski definition) is 1. The minimum absolute atomic E-state index is 0.450. The Labute approximate surface area is 83.5 Å². The van der Waals surface area contributed by atoms with E-state index in [2.05, 4.69) is 5.10 Å². The van der Waals surface area contributed by atoms with Crippen molar-refractivity contribution < 1.29 is 9.84 Å². The smallest absolute Gasteiger partial charge is 0.126 e. The molecule has 2 heterocycles. The molecule has 1 saturated heterocycles. The molecule has 1 N–H and O–H groups in total. The SMILES string of the molecule is Cn1ccc(C(O)C2(C)CCCO2)n1. The van der Waals surface area contributed by atoms with Crippen LogP contribution in [-0.2, 0) is 11.8 Å². The van der Waals surface area contributed by atoms with Gasteiger partial charge in [-0.3, -0.25) is 4.68 Å². The summed E-state index contributed by atoms with van der Waals surface area (Å²) in [6, 6.07) is 1.83. The van der Waals surface area contributed by atoms with E-state index in [-0.39, 0.29) is 0 Å². The van der Waals surface area contributed by atoms with E-state index in [0.717, 1.165) is 19.4 Å². The molecule has 1 aliphatic rings. The summed E-state index contributed by atoms with van der Waals surface area (Å²) in [4.78, 5) is 0. The maximum atomic E-state index is 10.1. The third kappa shape index (κ3) is 1.55. The van der Waals surface area contributed by atoms with Gasteiger partial charge in [0.15, 0.2) is 0 Å². The summed E-state index contributed by atoms with van der Waals surface area (Å²) < 4.78 is 7.26. The second-order valence-corrected chi connectivity index (χ2v) is 4.08. The lowest BCUT2D eigenvalue weighted by Crippen LogP contribution is -2.32. The predicted octanol–water partition coefficient (Wildman–Crippen LogP) is 1.02. The van der Waals surface area contributed by atoms with Crippen LogP contribution in [0.3, 0.4) is 0 Å². The lowest BCUT2D eigenvalue weighted by atomic mass is 9.93. The molecule has 0 saturated carbocycles. The highest BCUT2D eigenvalue weighted by atomic mass is 16.5. The number of aliphatic hydroxyl groups excluding tert-OH is 1. The number of nitrogens with zero attached hydrogens (tertiary/aromatic N) is 2. The van der Waals surface area contributed by atoms with Crippen LogP contribution < -0.4 is 0 Å². The Morgan fingerprint density at radius 3 is 3.00 bits per heavy atom. The molecule has 4 heteroatoms. The van der Waals surface area contributed by atoms with Crippen LogP contribution in [0.1, 0.15) is 31.6 Å². The van der Waals surface area contributed by atoms with Crippen LogP contribution in [0.5, 0.6) is 0 Å². The average Bonchev–Trinajstić information content (AvgIpc) is 2.74. The molecule has 1 aromatic rings. The molecule has 78 valence electrons. The minimum atomic E-state index is -0.619. The van der Waals surface area contributed by atoms with Gasteiger partial charge in [0.2, 0.25) is 0 Å². The maximum absolute atomic E-state index is 10.1. The van der Waals surface area contributed by atoms with Crippen molar-refractivity contribution in [1.82, 2.24) is 9.78 Å². The van der Waals surface area contributed by atoms with Gasteiger partial charge in [0.05, 0.1) is 11.3 Å². The fourth-order valence-corrected chi connectivity index (χ4v) is 1.91. The van der Waals surface area contributed by atoms with Crippen molar-refractivity contribution in [2.75, 3.05) is 6.61 Å². The summed E-state index contributed by atoms with van der Waals surface area (Å²) in [5.74, 6) is 0. The summed E-state index contributed by atoms with van der Waals surface area (Å²) in [5, 5.41) is 14.3. The summed E-state index contributed by atoms with van der Waals surface area (Å²) in [6.07, 6.45) is 3.12. The normalized spacial score (nSPS) is 29.4. The number of aromatic nitrogens is 2. The van der Waals surface area contributed by atoms with Gasteiger partial charge >= 0.3 is 0 Å². The quantitative estimate of drug-likeness (QED) is 0.768. The van der Waals surface area contributed by atoms with Gasteiger partial charge in [-0.1, -0.05) is 0 Å². The van der Waals surface area contributed by atoms with Crippen LogP contribution in [0, 0.1) is 0 Å². The number of hydrogen-bond acceptors (Lipinski definition) is 3. The van der Waals surface area contributed by atoms with Crippen molar-refractivity contribution in [1.29, 1.82) is 0 Å². The summed E-state index contributed by atoms with van der Waals surface area (Å²) in [7, 11) is 1.84. The zero-order chi connectivity index (χ0) is 10.2. The first-order valence-electron chi connectivity index (χ1n) is 4.93. The summed E-state index contributed by atoms with van der Waals surface area (Å²) in [5.41, 5.74) is 0.242. The first kappa shape index (κ1) is 9.68. The molecule has 1 aromatic heterocycles. The Kier molecular flexibility index (Phi) is 2.33. The molecule has 0 aromatic carbocycles. The molecule has 2 unspecified atom stereocenters. The number of ether oxygens (including phenoxy) is 1. The summed E-state index contributed by atoms with van der Waals surface area (Å²) >= 11 is 0. The van der Waals surface area contributed by atoms with Crippen LogP contribution in [0.4, 0.5) is 0 Å². The molecular weight excluding hydrogens is 180 g/mol. The van der Waals surface area contributed by atoms with Crippen LogP contribution in [0.25, 0.3) is 0 Å². The topological polar surface area (TPSA) is 47.3 Å². The lowest BCUT2D eigenvalue weighted by molar-refractivity contribution is -0.0814. The van der Waals surface area contributed by atoms with E-state index < -0.39 is 11.7 Å². The highest BCUT2D eigenvalue weighted by Gasteiger charge is 2.39. The van der Waals surface area contributed by atoms with E-state index in [1.807, 2.05) is 26.2 Å². The van der Waals surface area contributed by atoms with Crippen molar-refractivity contribution in [3.63, 3.8) is 0 Å². The van der Waals surface area contributed by atoms with Crippen LogP contribution in [-0.4, -0.2) is 27.1 Å². The Morgan fingerprint density at radius 2 is 2.50 bits per heavy atom. The van der Waals surface area contributed by atoms with Gasteiger partial charge in [-0.05, 0) is 25.8 Å².